The Morgan fingerprint density at radius 1 is 0.227 bits per heavy atom. The van der Waals surface area contributed by atoms with E-state index >= 15 is 0 Å². The zero-order valence-corrected chi connectivity index (χ0v) is 35.1. The maximum Gasteiger partial charge on any atom is 0.145 e. The van der Waals surface area contributed by atoms with Crippen LogP contribution >= 0.6 is 0 Å². The maximum absolute atomic E-state index is 7.05. The van der Waals surface area contributed by atoms with Crippen molar-refractivity contribution in [3.05, 3.63) is 200 Å². The average molecular weight is 844 g/mol. The predicted octanol–water partition coefficient (Wildman–Crippen LogP) is 16.7. The van der Waals surface area contributed by atoms with E-state index in [-0.39, 0.29) is 0 Å². The standard InChI is InChI=1S/C60H33N3O3/c1-2-12-34(13-3-1)61-48-27-22-35(62-46-18-8-4-16-42(46)55-49(62)28-24-39-37-14-6-10-20-52(37)64-58(39)55)33-45(48)57-51(61)30-26-41-44-32-36(23-31-54(44)66-60(41)57)63-47-19-9-5-17-43(47)56-50(63)29-25-40-38-15-7-11-21-53(38)65-59(40)56/h1-33H. The van der Waals surface area contributed by atoms with Gasteiger partial charge in [-0.25, -0.2) is 0 Å². The largest absolute Gasteiger partial charge is 0.455 e. The third-order valence-electron chi connectivity index (χ3n) is 14.2. The second kappa shape index (κ2) is 12.4. The molecule has 0 bridgehead atoms. The highest BCUT2D eigenvalue weighted by Gasteiger charge is 2.24. The van der Waals surface area contributed by atoms with Crippen molar-refractivity contribution in [3.63, 3.8) is 0 Å². The summed E-state index contributed by atoms with van der Waals surface area (Å²) in [6.07, 6.45) is 0. The van der Waals surface area contributed by atoms with Gasteiger partial charge in [0.25, 0.3) is 0 Å². The Morgan fingerprint density at radius 2 is 0.606 bits per heavy atom. The topological polar surface area (TPSA) is 54.2 Å². The number of para-hydroxylation sites is 5. The minimum Gasteiger partial charge on any atom is -0.455 e. The first kappa shape index (κ1) is 34.5. The number of furan rings is 3. The summed E-state index contributed by atoms with van der Waals surface area (Å²) >= 11 is 0. The van der Waals surface area contributed by atoms with Crippen molar-refractivity contribution in [1.82, 2.24) is 13.7 Å². The van der Waals surface area contributed by atoms with Gasteiger partial charge in [-0.2, -0.15) is 0 Å². The van der Waals surface area contributed by atoms with E-state index in [2.05, 4.69) is 202 Å². The molecule has 0 amide bonds. The Balaban J connectivity index is 0.961. The van der Waals surface area contributed by atoms with Gasteiger partial charge in [0.05, 0.1) is 49.3 Å². The molecule has 0 aliphatic carbocycles. The normalized spacial score (nSPS) is 12.5. The lowest BCUT2D eigenvalue weighted by atomic mass is 10.1. The lowest BCUT2D eigenvalue weighted by molar-refractivity contribution is 0.672. The third-order valence-corrected chi connectivity index (χ3v) is 14.2. The first-order valence-corrected chi connectivity index (χ1v) is 22.4. The van der Waals surface area contributed by atoms with Crippen LogP contribution in [0.2, 0.25) is 0 Å². The summed E-state index contributed by atoms with van der Waals surface area (Å²) in [5.41, 5.74) is 15.2. The van der Waals surface area contributed by atoms with E-state index in [9.17, 15) is 0 Å². The van der Waals surface area contributed by atoms with Gasteiger partial charge in [-0.05, 0) is 109 Å². The fourth-order valence-electron chi connectivity index (χ4n) is 11.5. The van der Waals surface area contributed by atoms with Crippen LogP contribution in [-0.4, -0.2) is 13.7 Å². The highest BCUT2D eigenvalue weighted by atomic mass is 16.3. The van der Waals surface area contributed by atoms with E-state index in [0.29, 0.717) is 0 Å². The van der Waals surface area contributed by atoms with Crippen LogP contribution in [0, 0.1) is 0 Å². The predicted molar refractivity (Wildman–Crippen MR) is 271 cm³/mol. The Labute approximate surface area is 373 Å². The van der Waals surface area contributed by atoms with E-state index in [1.807, 2.05) is 12.1 Å². The zero-order valence-electron chi connectivity index (χ0n) is 35.1. The molecule has 306 valence electrons. The highest BCUT2D eigenvalue weighted by molar-refractivity contribution is 6.27. The maximum atomic E-state index is 7.05. The fourth-order valence-corrected chi connectivity index (χ4v) is 11.5. The molecule has 0 fully saturated rings. The summed E-state index contributed by atoms with van der Waals surface area (Å²) in [5, 5.41) is 13.4. The first-order valence-electron chi connectivity index (χ1n) is 22.4. The molecule has 6 aromatic heterocycles. The van der Waals surface area contributed by atoms with Crippen molar-refractivity contribution in [3.8, 4) is 17.1 Å². The van der Waals surface area contributed by atoms with Crippen LogP contribution in [0.1, 0.15) is 0 Å². The molecule has 0 spiro atoms. The molecule has 10 aromatic carbocycles. The van der Waals surface area contributed by atoms with E-state index < -0.39 is 0 Å². The van der Waals surface area contributed by atoms with E-state index in [1.165, 1.54) is 0 Å². The van der Waals surface area contributed by atoms with Crippen molar-refractivity contribution in [2.24, 2.45) is 0 Å². The first-order chi connectivity index (χ1) is 32.7. The summed E-state index contributed by atoms with van der Waals surface area (Å²) in [6.45, 7) is 0. The number of rotatable bonds is 3. The minimum absolute atomic E-state index is 0.843. The van der Waals surface area contributed by atoms with E-state index in [4.69, 9.17) is 13.3 Å². The van der Waals surface area contributed by atoms with Gasteiger partial charge in [-0.3, -0.25) is 0 Å². The molecule has 0 aliphatic rings. The molecule has 0 saturated heterocycles. The number of benzene rings is 10. The van der Waals surface area contributed by atoms with E-state index in [0.717, 1.165) is 148 Å². The van der Waals surface area contributed by atoms with Gasteiger partial charge < -0.3 is 27.0 Å². The van der Waals surface area contributed by atoms with Crippen molar-refractivity contribution in [1.29, 1.82) is 0 Å². The summed E-state index contributed by atoms with van der Waals surface area (Å²) in [4.78, 5) is 0. The summed E-state index contributed by atoms with van der Waals surface area (Å²) in [7, 11) is 0. The highest BCUT2D eigenvalue weighted by Crippen LogP contribution is 2.46. The molecular formula is C60H33N3O3. The Morgan fingerprint density at radius 3 is 1.17 bits per heavy atom. The molecule has 0 saturated carbocycles. The number of aromatic nitrogens is 3. The van der Waals surface area contributed by atoms with Crippen LogP contribution < -0.4 is 0 Å². The quantitative estimate of drug-likeness (QED) is 0.178. The van der Waals surface area contributed by atoms with Crippen LogP contribution in [0.5, 0.6) is 0 Å². The van der Waals surface area contributed by atoms with Gasteiger partial charge in [-0.1, -0.05) is 91.0 Å². The number of hydrogen-bond donors (Lipinski definition) is 0. The lowest BCUT2D eigenvalue weighted by Crippen LogP contribution is -1.95. The zero-order chi connectivity index (χ0) is 42.8. The molecular weight excluding hydrogens is 811 g/mol. The monoisotopic (exact) mass is 843 g/mol. The summed E-state index contributed by atoms with van der Waals surface area (Å²) < 4.78 is 27.4. The fraction of sp³-hybridized carbons (Fsp3) is 0. The van der Waals surface area contributed by atoms with Gasteiger partial charge in [0, 0.05) is 65.5 Å². The van der Waals surface area contributed by atoms with Crippen LogP contribution in [-0.2, 0) is 0 Å². The summed E-state index contributed by atoms with van der Waals surface area (Å²) in [6, 6.07) is 71.5. The molecule has 0 unspecified atom stereocenters. The SMILES string of the molecule is c1ccc(-n2c3ccc(-n4c5ccccc5c5c6oc7ccccc7c6ccc54)cc3c3c4oc5ccc(-n6c7ccccc7c7c8oc9ccccc9c8ccc76)cc5c4ccc32)cc1. The van der Waals surface area contributed by atoms with E-state index in [1.54, 1.807) is 0 Å². The second-order valence-electron chi connectivity index (χ2n) is 17.6. The lowest BCUT2D eigenvalue weighted by Gasteiger charge is -2.10. The molecule has 0 aliphatic heterocycles. The van der Waals surface area contributed by atoms with Crippen LogP contribution in [0.25, 0.3) is 148 Å². The molecule has 0 atom stereocenters. The smallest absolute Gasteiger partial charge is 0.145 e. The van der Waals surface area contributed by atoms with Crippen molar-refractivity contribution in [2.75, 3.05) is 0 Å². The molecule has 0 N–H and O–H groups in total. The minimum atomic E-state index is 0.843. The van der Waals surface area contributed by atoms with Gasteiger partial charge in [0.15, 0.2) is 0 Å². The summed E-state index contributed by atoms with van der Waals surface area (Å²) in [5.74, 6) is 0. The van der Waals surface area contributed by atoms with Crippen molar-refractivity contribution < 1.29 is 13.3 Å². The average Bonchev–Trinajstić information content (AvgIpc) is 4.22. The van der Waals surface area contributed by atoms with Gasteiger partial charge >= 0.3 is 0 Å². The second-order valence-corrected chi connectivity index (χ2v) is 17.6. The third kappa shape index (κ3) is 4.35. The Bertz CT molecular complexity index is 4760. The number of nitrogens with zero attached hydrogens (tertiary/aromatic N) is 3. The van der Waals surface area contributed by atoms with Gasteiger partial charge in [-0.15, -0.1) is 0 Å². The number of hydrogen-bond acceptors (Lipinski definition) is 3. The van der Waals surface area contributed by atoms with Gasteiger partial charge in [0.1, 0.15) is 33.5 Å². The van der Waals surface area contributed by atoms with Crippen LogP contribution in [0.15, 0.2) is 213 Å². The Kier molecular flexibility index (Phi) is 6.47. The Hall–Kier alpha value is -9.00. The van der Waals surface area contributed by atoms with Crippen molar-refractivity contribution in [2.45, 2.75) is 0 Å². The molecule has 6 nitrogen and oxygen atoms in total. The van der Waals surface area contributed by atoms with Crippen LogP contribution in [0.4, 0.5) is 0 Å². The van der Waals surface area contributed by atoms with Gasteiger partial charge in [0.2, 0.25) is 0 Å². The molecule has 0 radical (unpaired) electrons. The molecule has 66 heavy (non-hydrogen) atoms. The molecule has 6 heteroatoms. The van der Waals surface area contributed by atoms with Crippen molar-refractivity contribution >= 4 is 131 Å². The van der Waals surface area contributed by atoms with Crippen LogP contribution in [0.3, 0.4) is 0 Å². The molecule has 16 aromatic rings. The molecule has 6 heterocycles. The number of fused-ring (bicyclic) bond motifs is 21. The molecule has 16 rings (SSSR count).